The quantitative estimate of drug-likeness (QED) is 0.129. The first-order valence-electron chi connectivity index (χ1n) is 18.0. The molecule has 51 heavy (non-hydrogen) atoms. The number of fused-ring (bicyclic) bond motifs is 11. The summed E-state index contributed by atoms with van der Waals surface area (Å²) in [5, 5.41) is 15.5. The van der Waals surface area contributed by atoms with Crippen LogP contribution in [0.25, 0.3) is 98.0 Å². The molecule has 0 saturated heterocycles. The van der Waals surface area contributed by atoms with Crippen LogP contribution in [-0.4, -0.2) is 0 Å². The number of rotatable bonds is 2. The molecule has 10 aromatic rings. The Kier molecular flexibility index (Phi) is 5.82. The molecule has 0 fully saturated rings. The van der Waals surface area contributed by atoms with Gasteiger partial charge in [0, 0.05) is 5.41 Å². The molecule has 0 atom stereocenters. The molecule has 0 unspecified atom stereocenters. The highest BCUT2D eigenvalue weighted by molar-refractivity contribution is 6.26. The van der Waals surface area contributed by atoms with Gasteiger partial charge >= 0.3 is 0 Å². The van der Waals surface area contributed by atoms with Crippen molar-refractivity contribution in [2.24, 2.45) is 0 Å². The molecular weight excluding hydrogens is 613 g/mol. The van der Waals surface area contributed by atoms with Gasteiger partial charge in [-0.2, -0.15) is 0 Å². The van der Waals surface area contributed by atoms with Crippen molar-refractivity contribution in [2.45, 2.75) is 19.3 Å². The topological polar surface area (TPSA) is 0 Å². The highest BCUT2D eigenvalue weighted by atomic mass is 14.4. The molecule has 238 valence electrons. The molecule has 0 heterocycles. The van der Waals surface area contributed by atoms with Crippen molar-refractivity contribution in [2.75, 3.05) is 0 Å². The van der Waals surface area contributed by atoms with E-state index in [1.165, 1.54) is 109 Å². The van der Waals surface area contributed by atoms with Gasteiger partial charge in [-0.1, -0.05) is 172 Å². The SMILES string of the molecule is CC1(C)c2cccc(-c3c4ccccc4c(-c4cccc5c4ccc4cc6ccccc6cc45)c4ccccc34)c2-c2ccc3ccccc3c21. The molecule has 0 spiro atoms. The second-order valence-electron chi connectivity index (χ2n) is 14.8. The molecule has 1 aliphatic rings. The van der Waals surface area contributed by atoms with Gasteiger partial charge in [0.1, 0.15) is 0 Å². The summed E-state index contributed by atoms with van der Waals surface area (Å²) in [5.74, 6) is 0. The molecule has 0 N–H and O–H groups in total. The van der Waals surface area contributed by atoms with E-state index >= 15 is 0 Å². The molecule has 0 saturated carbocycles. The van der Waals surface area contributed by atoms with E-state index in [1.54, 1.807) is 0 Å². The van der Waals surface area contributed by atoms with Gasteiger partial charge in [0.25, 0.3) is 0 Å². The Morgan fingerprint density at radius 3 is 1.53 bits per heavy atom. The Morgan fingerprint density at radius 2 is 0.824 bits per heavy atom. The van der Waals surface area contributed by atoms with Crippen LogP contribution < -0.4 is 0 Å². The fourth-order valence-electron chi connectivity index (χ4n) is 9.57. The maximum atomic E-state index is 2.40. The average Bonchev–Trinajstić information content (AvgIpc) is 3.42. The second-order valence-corrected chi connectivity index (χ2v) is 14.8. The molecule has 0 amide bonds. The lowest BCUT2D eigenvalue weighted by molar-refractivity contribution is 0.666. The van der Waals surface area contributed by atoms with Gasteiger partial charge in [0.15, 0.2) is 0 Å². The number of benzene rings is 10. The minimum absolute atomic E-state index is 0.121. The Labute approximate surface area is 297 Å². The molecule has 0 bridgehead atoms. The number of hydrogen-bond acceptors (Lipinski definition) is 0. The van der Waals surface area contributed by atoms with Gasteiger partial charge in [-0.15, -0.1) is 0 Å². The first-order chi connectivity index (χ1) is 25.1. The van der Waals surface area contributed by atoms with Crippen molar-refractivity contribution in [1.82, 2.24) is 0 Å². The predicted octanol–water partition coefficient (Wildman–Crippen LogP) is 14.2. The first-order valence-corrected chi connectivity index (χ1v) is 18.0. The normalized spacial score (nSPS) is 13.5. The molecule has 11 rings (SSSR count). The standard InChI is InChI=1S/C51H34/c1-51(2)46-24-12-23-43(49(46)44-28-25-31-13-5-6-16-35(31)50(44)51)48-41-19-9-7-17-39(41)47(40-18-8-10-20-42(40)48)38-22-11-21-36-37(38)27-26-34-29-32-14-3-4-15-33(32)30-45(34)36/h3-30H,1-2H3. The summed E-state index contributed by atoms with van der Waals surface area (Å²) < 4.78 is 0. The Hall–Kier alpha value is -6.24. The minimum Gasteiger partial charge on any atom is -0.0616 e. The smallest absolute Gasteiger partial charge is 0.0165 e. The third-order valence-electron chi connectivity index (χ3n) is 11.8. The van der Waals surface area contributed by atoms with E-state index in [0.717, 1.165) is 0 Å². The van der Waals surface area contributed by atoms with Gasteiger partial charge in [-0.3, -0.25) is 0 Å². The van der Waals surface area contributed by atoms with Crippen LogP contribution in [0, 0.1) is 0 Å². The van der Waals surface area contributed by atoms with Crippen molar-refractivity contribution in [3.63, 3.8) is 0 Å². The van der Waals surface area contributed by atoms with E-state index in [4.69, 9.17) is 0 Å². The van der Waals surface area contributed by atoms with Crippen molar-refractivity contribution >= 4 is 64.6 Å². The van der Waals surface area contributed by atoms with E-state index < -0.39 is 0 Å². The molecule has 0 radical (unpaired) electrons. The lowest BCUT2D eigenvalue weighted by atomic mass is 9.79. The summed E-state index contributed by atoms with van der Waals surface area (Å²) >= 11 is 0. The molecule has 0 nitrogen and oxygen atoms in total. The van der Waals surface area contributed by atoms with E-state index in [9.17, 15) is 0 Å². The summed E-state index contributed by atoms with van der Waals surface area (Å²) in [7, 11) is 0. The van der Waals surface area contributed by atoms with Crippen LogP contribution >= 0.6 is 0 Å². The molecular formula is C51H34. The lowest BCUT2D eigenvalue weighted by Crippen LogP contribution is -2.15. The zero-order chi connectivity index (χ0) is 33.8. The van der Waals surface area contributed by atoms with Crippen LogP contribution in [0.1, 0.15) is 25.0 Å². The monoisotopic (exact) mass is 646 g/mol. The maximum absolute atomic E-state index is 2.40. The van der Waals surface area contributed by atoms with Gasteiger partial charge in [0.2, 0.25) is 0 Å². The third kappa shape index (κ3) is 3.91. The molecule has 0 aromatic heterocycles. The van der Waals surface area contributed by atoms with E-state index in [2.05, 4.69) is 184 Å². The van der Waals surface area contributed by atoms with Crippen LogP contribution in [0.3, 0.4) is 0 Å². The summed E-state index contributed by atoms with van der Waals surface area (Å²) in [6.07, 6.45) is 0. The van der Waals surface area contributed by atoms with Crippen LogP contribution in [0.2, 0.25) is 0 Å². The highest BCUT2D eigenvalue weighted by Crippen LogP contribution is 2.56. The van der Waals surface area contributed by atoms with Gasteiger partial charge < -0.3 is 0 Å². The maximum Gasteiger partial charge on any atom is 0.0165 e. The summed E-state index contributed by atoms with van der Waals surface area (Å²) in [5.41, 5.74) is 10.6. The van der Waals surface area contributed by atoms with Crippen molar-refractivity contribution in [1.29, 1.82) is 0 Å². The lowest BCUT2D eigenvalue weighted by Gasteiger charge is -2.23. The summed E-state index contributed by atoms with van der Waals surface area (Å²) in [6, 6.07) is 63.6. The van der Waals surface area contributed by atoms with Gasteiger partial charge in [0.05, 0.1) is 0 Å². The van der Waals surface area contributed by atoms with Crippen LogP contribution in [0.5, 0.6) is 0 Å². The average molecular weight is 647 g/mol. The molecule has 0 aliphatic heterocycles. The van der Waals surface area contributed by atoms with Crippen LogP contribution in [-0.2, 0) is 5.41 Å². The molecule has 1 aliphatic carbocycles. The zero-order valence-corrected chi connectivity index (χ0v) is 28.7. The number of hydrogen-bond donors (Lipinski definition) is 0. The Balaban J connectivity index is 1.24. The Bertz CT molecular complexity index is 3050. The zero-order valence-electron chi connectivity index (χ0n) is 28.7. The summed E-state index contributed by atoms with van der Waals surface area (Å²) in [4.78, 5) is 0. The predicted molar refractivity (Wildman–Crippen MR) is 220 cm³/mol. The Morgan fingerprint density at radius 1 is 0.294 bits per heavy atom. The fraction of sp³-hybridized carbons (Fsp3) is 0.0588. The van der Waals surface area contributed by atoms with E-state index in [-0.39, 0.29) is 5.41 Å². The van der Waals surface area contributed by atoms with Crippen molar-refractivity contribution in [3.05, 3.63) is 181 Å². The van der Waals surface area contributed by atoms with Crippen molar-refractivity contribution in [3.8, 4) is 33.4 Å². The molecule has 0 heteroatoms. The fourth-order valence-corrected chi connectivity index (χ4v) is 9.57. The molecule has 10 aromatic carbocycles. The second kappa shape index (κ2) is 10.4. The highest BCUT2D eigenvalue weighted by Gasteiger charge is 2.38. The van der Waals surface area contributed by atoms with Gasteiger partial charge in [-0.05, 0) is 121 Å². The third-order valence-corrected chi connectivity index (χ3v) is 11.8. The van der Waals surface area contributed by atoms with E-state index in [1.807, 2.05) is 0 Å². The summed E-state index contributed by atoms with van der Waals surface area (Å²) in [6.45, 7) is 4.81. The van der Waals surface area contributed by atoms with Crippen molar-refractivity contribution < 1.29 is 0 Å². The minimum atomic E-state index is -0.121. The van der Waals surface area contributed by atoms with Gasteiger partial charge in [-0.25, -0.2) is 0 Å². The first kappa shape index (κ1) is 28.6. The van der Waals surface area contributed by atoms with E-state index in [0.29, 0.717) is 0 Å². The van der Waals surface area contributed by atoms with Crippen LogP contribution in [0.4, 0.5) is 0 Å². The largest absolute Gasteiger partial charge is 0.0616 e. The van der Waals surface area contributed by atoms with Crippen LogP contribution in [0.15, 0.2) is 170 Å².